The number of benzene rings is 2. The van der Waals surface area contributed by atoms with E-state index in [1.165, 1.54) is 5.56 Å². The van der Waals surface area contributed by atoms with Crippen LogP contribution in [0, 0.1) is 11.3 Å². The van der Waals surface area contributed by atoms with Gasteiger partial charge in [-0.25, -0.2) is 0 Å². The number of rotatable bonds is 3. The maximum absolute atomic E-state index is 9.20. The molecule has 0 aromatic heterocycles. The molecule has 0 fully saturated rings. The van der Waals surface area contributed by atoms with E-state index in [4.69, 9.17) is 10.5 Å². The Morgan fingerprint density at radius 3 is 2.29 bits per heavy atom. The van der Waals surface area contributed by atoms with Crippen LogP contribution in [-0.4, -0.2) is 0 Å². The maximum Gasteiger partial charge on any atom is 0.145 e. The monoisotopic (exact) mass is 280 g/mol. The van der Waals surface area contributed by atoms with Gasteiger partial charge in [-0.3, -0.25) is 0 Å². The Hall–Kier alpha value is -2.31. The van der Waals surface area contributed by atoms with Crippen LogP contribution in [0.5, 0.6) is 11.5 Å². The van der Waals surface area contributed by atoms with Gasteiger partial charge in [0.2, 0.25) is 0 Å². The van der Waals surface area contributed by atoms with Crippen molar-refractivity contribution in [3.8, 4) is 17.6 Å². The quantitative estimate of drug-likeness (QED) is 0.920. The third-order valence-corrected chi connectivity index (χ3v) is 3.35. The normalized spacial score (nSPS) is 11.0. The van der Waals surface area contributed by atoms with E-state index in [1.807, 2.05) is 18.2 Å². The summed E-state index contributed by atoms with van der Waals surface area (Å²) in [4.78, 5) is 0. The summed E-state index contributed by atoms with van der Waals surface area (Å²) < 4.78 is 5.80. The van der Waals surface area contributed by atoms with Crippen molar-refractivity contribution in [1.82, 2.24) is 0 Å². The highest BCUT2D eigenvalue weighted by molar-refractivity contribution is 5.47. The second kappa shape index (κ2) is 5.99. The smallest absolute Gasteiger partial charge is 0.145 e. The fourth-order valence-electron chi connectivity index (χ4n) is 2.03. The highest BCUT2D eigenvalue weighted by Crippen LogP contribution is 2.28. The first-order valence-corrected chi connectivity index (χ1v) is 6.95. The molecular weight excluding hydrogens is 260 g/mol. The van der Waals surface area contributed by atoms with E-state index < -0.39 is 0 Å². The molecule has 0 saturated carbocycles. The van der Waals surface area contributed by atoms with Crippen molar-refractivity contribution in [2.45, 2.75) is 32.7 Å². The van der Waals surface area contributed by atoms with E-state index in [-0.39, 0.29) is 5.41 Å². The molecule has 0 atom stereocenters. The SMILES string of the molecule is CC(C)(C)c1ccc(Oc2ccc(CN)cc2C#N)cc1. The zero-order valence-electron chi connectivity index (χ0n) is 12.7. The Labute approximate surface area is 126 Å². The molecule has 2 rings (SSSR count). The van der Waals surface area contributed by atoms with Crippen molar-refractivity contribution in [3.05, 3.63) is 59.2 Å². The van der Waals surface area contributed by atoms with Gasteiger partial charge in [-0.15, -0.1) is 0 Å². The first kappa shape index (κ1) is 15.1. The molecule has 0 bridgehead atoms. The zero-order chi connectivity index (χ0) is 15.5. The Morgan fingerprint density at radius 1 is 1.10 bits per heavy atom. The number of nitrogens with two attached hydrogens (primary N) is 1. The van der Waals surface area contributed by atoms with Crippen molar-refractivity contribution in [2.24, 2.45) is 5.73 Å². The second-order valence-corrected chi connectivity index (χ2v) is 6.02. The maximum atomic E-state index is 9.20. The van der Waals surface area contributed by atoms with Gasteiger partial charge in [0.1, 0.15) is 17.6 Å². The van der Waals surface area contributed by atoms with Gasteiger partial charge in [0.15, 0.2) is 0 Å². The Kier molecular flexibility index (Phi) is 4.30. The van der Waals surface area contributed by atoms with Gasteiger partial charge in [-0.2, -0.15) is 5.26 Å². The minimum absolute atomic E-state index is 0.110. The Balaban J connectivity index is 2.25. The second-order valence-electron chi connectivity index (χ2n) is 6.02. The lowest BCUT2D eigenvalue weighted by Crippen LogP contribution is -2.10. The van der Waals surface area contributed by atoms with Crippen molar-refractivity contribution >= 4 is 0 Å². The summed E-state index contributed by atoms with van der Waals surface area (Å²) in [5.41, 5.74) is 8.35. The Morgan fingerprint density at radius 2 is 1.76 bits per heavy atom. The van der Waals surface area contributed by atoms with Crippen LogP contribution in [0.25, 0.3) is 0 Å². The van der Waals surface area contributed by atoms with Crippen molar-refractivity contribution in [1.29, 1.82) is 5.26 Å². The number of nitriles is 1. The highest BCUT2D eigenvalue weighted by atomic mass is 16.5. The molecule has 0 amide bonds. The van der Waals surface area contributed by atoms with Crippen LogP contribution < -0.4 is 10.5 Å². The van der Waals surface area contributed by atoms with Gasteiger partial charge in [0.05, 0.1) is 5.56 Å². The van der Waals surface area contributed by atoms with Crippen LogP contribution in [-0.2, 0) is 12.0 Å². The molecule has 0 spiro atoms. The van der Waals surface area contributed by atoms with E-state index >= 15 is 0 Å². The summed E-state index contributed by atoms with van der Waals surface area (Å²) >= 11 is 0. The molecule has 0 aliphatic carbocycles. The molecule has 2 aromatic carbocycles. The standard InChI is InChI=1S/C18H20N2O/c1-18(2,3)15-5-7-16(8-6-15)21-17-9-4-13(11-19)10-14(17)12-20/h4-10H,11,19H2,1-3H3. The van der Waals surface area contributed by atoms with E-state index in [0.29, 0.717) is 17.9 Å². The van der Waals surface area contributed by atoms with Gasteiger partial charge in [0, 0.05) is 6.54 Å². The van der Waals surface area contributed by atoms with Gasteiger partial charge in [0.25, 0.3) is 0 Å². The van der Waals surface area contributed by atoms with Crippen molar-refractivity contribution in [2.75, 3.05) is 0 Å². The van der Waals surface area contributed by atoms with Crippen LogP contribution in [0.1, 0.15) is 37.5 Å². The average molecular weight is 280 g/mol. The molecule has 0 saturated heterocycles. The van der Waals surface area contributed by atoms with Crippen LogP contribution in [0.3, 0.4) is 0 Å². The van der Waals surface area contributed by atoms with Crippen molar-refractivity contribution < 1.29 is 4.74 Å². The summed E-state index contributed by atoms with van der Waals surface area (Å²) in [6.45, 7) is 6.92. The third-order valence-electron chi connectivity index (χ3n) is 3.35. The molecule has 3 heteroatoms. The van der Waals surface area contributed by atoms with E-state index in [0.717, 1.165) is 11.3 Å². The van der Waals surface area contributed by atoms with Gasteiger partial charge >= 0.3 is 0 Å². The number of nitrogens with zero attached hydrogens (tertiary/aromatic N) is 1. The van der Waals surface area contributed by atoms with Crippen LogP contribution in [0.4, 0.5) is 0 Å². The minimum Gasteiger partial charge on any atom is -0.456 e. The Bertz CT molecular complexity index is 661. The van der Waals surface area contributed by atoms with Crippen molar-refractivity contribution in [3.63, 3.8) is 0 Å². The largest absolute Gasteiger partial charge is 0.456 e. The molecule has 2 aromatic rings. The lowest BCUT2D eigenvalue weighted by atomic mass is 9.87. The molecule has 0 aliphatic heterocycles. The van der Waals surface area contributed by atoms with E-state index in [1.54, 1.807) is 12.1 Å². The fraction of sp³-hybridized carbons (Fsp3) is 0.278. The molecule has 0 heterocycles. The molecule has 0 aliphatic rings. The van der Waals surface area contributed by atoms with Gasteiger partial charge in [-0.05, 0) is 40.8 Å². The summed E-state index contributed by atoms with van der Waals surface area (Å²) in [5.74, 6) is 1.28. The fourth-order valence-corrected chi connectivity index (χ4v) is 2.03. The summed E-state index contributed by atoms with van der Waals surface area (Å²) in [6.07, 6.45) is 0. The summed E-state index contributed by atoms with van der Waals surface area (Å²) in [5, 5.41) is 9.20. The first-order chi connectivity index (χ1) is 9.94. The summed E-state index contributed by atoms with van der Waals surface area (Å²) in [6, 6.07) is 15.5. The van der Waals surface area contributed by atoms with E-state index in [9.17, 15) is 5.26 Å². The van der Waals surface area contributed by atoms with Crippen LogP contribution in [0.15, 0.2) is 42.5 Å². The lowest BCUT2D eigenvalue weighted by Gasteiger charge is -2.19. The first-order valence-electron chi connectivity index (χ1n) is 6.95. The molecule has 0 unspecified atom stereocenters. The minimum atomic E-state index is 0.110. The summed E-state index contributed by atoms with van der Waals surface area (Å²) in [7, 11) is 0. The lowest BCUT2D eigenvalue weighted by molar-refractivity contribution is 0.479. The number of ether oxygens (including phenoxy) is 1. The molecular formula is C18H20N2O. The number of hydrogen-bond acceptors (Lipinski definition) is 3. The topological polar surface area (TPSA) is 59.0 Å². The molecule has 0 radical (unpaired) electrons. The predicted octanol–water partition coefficient (Wildman–Crippen LogP) is 4.11. The predicted molar refractivity (Wildman–Crippen MR) is 84.3 cm³/mol. The molecule has 2 N–H and O–H groups in total. The third kappa shape index (κ3) is 3.62. The molecule has 108 valence electrons. The van der Waals surface area contributed by atoms with E-state index in [2.05, 4.69) is 39.0 Å². The van der Waals surface area contributed by atoms with Gasteiger partial charge < -0.3 is 10.5 Å². The molecule has 21 heavy (non-hydrogen) atoms. The average Bonchev–Trinajstić information content (AvgIpc) is 2.47. The van der Waals surface area contributed by atoms with Crippen LogP contribution in [0.2, 0.25) is 0 Å². The van der Waals surface area contributed by atoms with Gasteiger partial charge in [-0.1, -0.05) is 39.0 Å². The van der Waals surface area contributed by atoms with Crippen LogP contribution >= 0.6 is 0 Å². The zero-order valence-corrected chi connectivity index (χ0v) is 12.7. The highest BCUT2D eigenvalue weighted by Gasteiger charge is 2.13. The number of hydrogen-bond donors (Lipinski definition) is 1. The molecule has 3 nitrogen and oxygen atoms in total.